The van der Waals surface area contributed by atoms with Crippen molar-refractivity contribution < 1.29 is 9.72 Å². The fourth-order valence-corrected chi connectivity index (χ4v) is 2.51. The Morgan fingerprint density at radius 3 is 2.69 bits per heavy atom. The topological polar surface area (TPSA) is 109 Å². The number of hydrogen-bond donors (Lipinski definition) is 2. The number of nitro benzene ring substituents is 1. The summed E-state index contributed by atoms with van der Waals surface area (Å²) in [7, 11) is 0. The first-order chi connectivity index (χ1) is 12.6. The number of hydrogen-bond acceptors (Lipinski definition) is 6. The zero-order valence-corrected chi connectivity index (χ0v) is 13.9. The van der Waals surface area contributed by atoms with Gasteiger partial charge in [-0.2, -0.15) is 5.10 Å². The summed E-state index contributed by atoms with van der Waals surface area (Å²) in [5.74, 6) is 0.357. The second-order valence-electron chi connectivity index (χ2n) is 5.60. The molecule has 3 rings (SSSR count). The van der Waals surface area contributed by atoms with Gasteiger partial charge in [-0.15, -0.1) is 0 Å². The summed E-state index contributed by atoms with van der Waals surface area (Å²) < 4.78 is 0. The van der Waals surface area contributed by atoms with Gasteiger partial charge < -0.3 is 5.32 Å². The molecule has 26 heavy (non-hydrogen) atoms. The van der Waals surface area contributed by atoms with E-state index in [4.69, 9.17) is 0 Å². The van der Waals surface area contributed by atoms with E-state index < -0.39 is 4.92 Å². The van der Waals surface area contributed by atoms with E-state index >= 15 is 0 Å². The summed E-state index contributed by atoms with van der Waals surface area (Å²) in [6.45, 7) is 1.56. The average Bonchev–Trinajstić information content (AvgIpc) is 2.69. The van der Waals surface area contributed by atoms with Crippen LogP contribution in [-0.4, -0.2) is 36.0 Å². The molecular formula is C18H17N5O3. The van der Waals surface area contributed by atoms with E-state index in [1.54, 1.807) is 24.3 Å². The summed E-state index contributed by atoms with van der Waals surface area (Å²) in [5, 5.41) is 17.8. The maximum absolute atomic E-state index is 12.4. The zero-order valence-electron chi connectivity index (χ0n) is 13.9. The number of non-ortho nitro benzene ring substituents is 1. The number of aliphatic imine (C=N–C) groups is 1. The van der Waals surface area contributed by atoms with Crippen molar-refractivity contribution in [2.45, 2.75) is 6.42 Å². The molecule has 0 spiro atoms. The lowest BCUT2D eigenvalue weighted by molar-refractivity contribution is -0.384. The third-order valence-electron chi connectivity index (χ3n) is 3.81. The second-order valence-corrected chi connectivity index (χ2v) is 5.60. The van der Waals surface area contributed by atoms with Gasteiger partial charge in [-0.3, -0.25) is 19.9 Å². The van der Waals surface area contributed by atoms with Gasteiger partial charge in [0, 0.05) is 30.8 Å². The highest BCUT2D eigenvalue weighted by molar-refractivity contribution is 6.09. The number of benzene rings is 2. The van der Waals surface area contributed by atoms with Crippen LogP contribution in [0.25, 0.3) is 0 Å². The first kappa shape index (κ1) is 17.3. The molecule has 0 fully saturated rings. The van der Waals surface area contributed by atoms with Crippen LogP contribution in [0.4, 0.5) is 5.69 Å². The molecule has 132 valence electrons. The van der Waals surface area contributed by atoms with Gasteiger partial charge in [-0.25, -0.2) is 5.43 Å². The van der Waals surface area contributed by atoms with E-state index in [1.165, 1.54) is 18.3 Å². The van der Waals surface area contributed by atoms with E-state index in [0.717, 1.165) is 25.1 Å². The Morgan fingerprint density at radius 1 is 1.23 bits per heavy atom. The fourth-order valence-electron chi connectivity index (χ4n) is 2.51. The van der Waals surface area contributed by atoms with Crippen LogP contribution in [0.15, 0.2) is 58.6 Å². The second kappa shape index (κ2) is 8.02. The van der Waals surface area contributed by atoms with Gasteiger partial charge in [-0.1, -0.05) is 18.2 Å². The third-order valence-corrected chi connectivity index (χ3v) is 3.81. The van der Waals surface area contributed by atoms with Crippen LogP contribution in [0, 0.1) is 10.1 Å². The van der Waals surface area contributed by atoms with Crippen LogP contribution in [0.3, 0.4) is 0 Å². The van der Waals surface area contributed by atoms with Crippen LogP contribution in [0.1, 0.15) is 27.9 Å². The number of nitrogens with one attached hydrogen (secondary N) is 2. The van der Waals surface area contributed by atoms with E-state index in [9.17, 15) is 14.9 Å². The molecule has 2 N–H and O–H groups in total. The quantitative estimate of drug-likeness (QED) is 0.488. The fraction of sp³-hybridized carbons (Fsp3) is 0.167. The molecule has 1 heterocycles. The third kappa shape index (κ3) is 4.10. The monoisotopic (exact) mass is 351 g/mol. The van der Waals surface area contributed by atoms with Crippen molar-refractivity contribution in [1.29, 1.82) is 0 Å². The number of nitro groups is 1. The number of nitrogens with zero attached hydrogens (tertiary/aromatic N) is 3. The lowest BCUT2D eigenvalue weighted by Gasteiger charge is -2.16. The largest absolute Gasteiger partial charge is 0.370 e. The predicted octanol–water partition coefficient (Wildman–Crippen LogP) is 2.10. The molecular weight excluding hydrogens is 334 g/mol. The van der Waals surface area contributed by atoms with E-state index in [0.29, 0.717) is 17.0 Å². The molecule has 8 nitrogen and oxygen atoms in total. The van der Waals surface area contributed by atoms with E-state index in [-0.39, 0.29) is 11.6 Å². The van der Waals surface area contributed by atoms with Crippen LogP contribution in [0.2, 0.25) is 0 Å². The molecule has 0 unspecified atom stereocenters. The minimum Gasteiger partial charge on any atom is -0.370 e. The summed E-state index contributed by atoms with van der Waals surface area (Å²) in [6, 6.07) is 13.1. The number of amides is 1. The standard InChI is InChI=1S/C18H17N5O3/c24-18(22-21-12-13-6-8-14(9-7-13)23(25)26)16-5-2-1-4-15(16)17-19-10-3-11-20-17/h1-2,4-9,12H,3,10-11H2,(H,19,20)(H,22,24)/b21-12+. The molecule has 1 amide bonds. The lowest BCUT2D eigenvalue weighted by Crippen LogP contribution is -2.32. The first-order valence-corrected chi connectivity index (χ1v) is 8.11. The molecule has 8 heteroatoms. The van der Waals surface area contributed by atoms with Crippen molar-refractivity contribution in [2.75, 3.05) is 13.1 Å². The van der Waals surface area contributed by atoms with Crippen molar-refractivity contribution in [1.82, 2.24) is 10.7 Å². The minimum absolute atomic E-state index is 0.000805. The highest BCUT2D eigenvalue weighted by atomic mass is 16.6. The summed E-state index contributed by atoms with van der Waals surface area (Å²) in [6.07, 6.45) is 2.40. The van der Waals surface area contributed by atoms with Crippen molar-refractivity contribution in [3.05, 3.63) is 75.3 Å². The molecule has 0 saturated heterocycles. The average molecular weight is 351 g/mol. The summed E-state index contributed by atoms with van der Waals surface area (Å²) in [5.41, 5.74) is 4.33. The van der Waals surface area contributed by atoms with Gasteiger partial charge in [0.1, 0.15) is 5.84 Å². The van der Waals surface area contributed by atoms with Gasteiger partial charge in [-0.05, 0) is 30.2 Å². The first-order valence-electron chi connectivity index (χ1n) is 8.11. The van der Waals surface area contributed by atoms with Gasteiger partial charge >= 0.3 is 0 Å². The summed E-state index contributed by atoms with van der Waals surface area (Å²) in [4.78, 5) is 27.0. The van der Waals surface area contributed by atoms with Crippen LogP contribution < -0.4 is 10.7 Å². The van der Waals surface area contributed by atoms with Crippen LogP contribution in [0.5, 0.6) is 0 Å². The lowest BCUT2D eigenvalue weighted by atomic mass is 10.1. The number of amidine groups is 1. The van der Waals surface area contributed by atoms with Crippen molar-refractivity contribution >= 4 is 23.6 Å². The minimum atomic E-state index is -0.471. The Morgan fingerprint density at radius 2 is 2.00 bits per heavy atom. The molecule has 0 atom stereocenters. The Bertz CT molecular complexity index is 875. The van der Waals surface area contributed by atoms with E-state index in [1.807, 2.05) is 12.1 Å². The molecule has 0 aliphatic carbocycles. The normalized spacial score (nSPS) is 13.8. The Labute approximate surface area is 149 Å². The van der Waals surface area contributed by atoms with Crippen LogP contribution >= 0.6 is 0 Å². The molecule has 0 saturated carbocycles. The molecule has 1 aliphatic rings. The maximum atomic E-state index is 12.4. The Hall–Kier alpha value is -3.55. The van der Waals surface area contributed by atoms with Crippen molar-refractivity contribution in [3.8, 4) is 0 Å². The maximum Gasteiger partial charge on any atom is 0.272 e. The molecule has 0 aromatic heterocycles. The Kier molecular flexibility index (Phi) is 5.33. The predicted molar refractivity (Wildman–Crippen MR) is 98.6 cm³/mol. The Balaban J connectivity index is 1.70. The highest BCUT2D eigenvalue weighted by Gasteiger charge is 2.16. The smallest absolute Gasteiger partial charge is 0.272 e. The van der Waals surface area contributed by atoms with Crippen molar-refractivity contribution in [3.63, 3.8) is 0 Å². The van der Waals surface area contributed by atoms with Gasteiger partial charge in [0.15, 0.2) is 0 Å². The van der Waals surface area contributed by atoms with Crippen molar-refractivity contribution in [2.24, 2.45) is 10.1 Å². The highest BCUT2D eigenvalue weighted by Crippen LogP contribution is 2.12. The SMILES string of the molecule is O=C(N/N=C/c1ccc([N+](=O)[O-])cc1)c1ccccc1C1=NCCCN1. The number of carbonyl (C=O) groups is 1. The molecule has 1 aliphatic heterocycles. The molecule has 0 bridgehead atoms. The van der Waals surface area contributed by atoms with Gasteiger partial charge in [0.05, 0.1) is 16.7 Å². The molecule has 2 aromatic rings. The number of hydrazone groups is 1. The number of rotatable bonds is 5. The van der Waals surface area contributed by atoms with Gasteiger partial charge in [0.2, 0.25) is 0 Å². The zero-order chi connectivity index (χ0) is 18.4. The number of carbonyl (C=O) groups excluding carboxylic acids is 1. The molecule has 0 radical (unpaired) electrons. The molecule has 2 aromatic carbocycles. The summed E-state index contributed by atoms with van der Waals surface area (Å²) >= 11 is 0. The van der Waals surface area contributed by atoms with Gasteiger partial charge in [0.25, 0.3) is 11.6 Å². The van der Waals surface area contributed by atoms with E-state index in [2.05, 4.69) is 20.8 Å². The van der Waals surface area contributed by atoms with Crippen LogP contribution in [-0.2, 0) is 0 Å².